The van der Waals surface area contributed by atoms with Gasteiger partial charge >= 0.3 is 5.97 Å². The summed E-state index contributed by atoms with van der Waals surface area (Å²) in [6.45, 7) is 2.07. The lowest BCUT2D eigenvalue weighted by Crippen LogP contribution is -2.18. The van der Waals surface area contributed by atoms with Crippen LogP contribution in [0.5, 0.6) is 0 Å². The molecule has 2 aliphatic carbocycles. The Kier molecular flexibility index (Phi) is 3.09. The van der Waals surface area contributed by atoms with Gasteiger partial charge in [-0.2, -0.15) is 0 Å². The second-order valence-corrected chi connectivity index (χ2v) is 6.42. The first kappa shape index (κ1) is 12.1. The van der Waals surface area contributed by atoms with Gasteiger partial charge in [0.15, 0.2) is 5.16 Å². The Labute approximate surface area is 111 Å². The van der Waals surface area contributed by atoms with Gasteiger partial charge in [0.05, 0.1) is 5.75 Å². The van der Waals surface area contributed by atoms with Gasteiger partial charge in [0.2, 0.25) is 0 Å². The zero-order valence-electron chi connectivity index (χ0n) is 10.5. The van der Waals surface area contributed by atoms with Crippen LogP contribution >= 0.6 is 11.8 Å². The molecule has 1 aromatic rings. The second kappa shape index (κ2) is 4.61. The molecular weight excluding hydrogens is 248 g/mol. The van der Waals surface area contributed by atoms with E-state index in [0.717, 1.165) is 17.0 Å². The van der Waals surface area contributed by atoms with Crippen LogP contribution in [-0.4, -0.2) is 26.4 Å². The summed E-state index contributed by atoms with van der Waals surface area (Å²) in [5.74, 6) is 0.989. The van der Waals surface area contributed by atoms with Crippen molar-refractivity contribution in [2.75, 3.05) is 5.75 Å². The van der Waals surface area contributed by atoms with Gasteiger partial charge < -0.3 is 9.67 Å². The van der Waals surface area contributed by atoms with Crippen molar-refractivity contribution < 1.29 is 9.90 Å². The molecule has 3 atom stereocenters. The summed E-state index contributed by atoms with van der Waals surface area (Å²) in [5.41, 5.74) is 1.17. The quantitative estimate of drug-likeness (QED) is 0.851. The maximum absolute atomic E-state index is 10.7. The van der Waals surface area contributed by atoms with Gasteiger partial charge in [-0.3, -0.25) is 4.79 Å². The van der Waals surface area contributed by atoms with E-state index in [0.29, 0.717) is 6.04 Å². The molecule has 2 fully saturated rings. The molecule has 98 valence electrons. The van der Waals surface area contributed by atoms with Crippen LogP contribution < -0.4 is 0 Å². The van der Waals surface area contributed by atoms with Crippen LogP contribution in [0.25, 0.3) is 0 Å². The third-order valence-electron chi connectivity index (χ3n) is 4.31. The van der Waals surface area contributed by atoms with Crippen molar-refractivity contribution in [2.45, 2.75) is 43.8 Å². The standard InChI is InChI=1S/C13H18N2O2S/c1-8-6-14-13(18-7-12(16)17)15(8)11-5-9-2-3-10(11)4-9/h6,9-11H,2-5,7H2,1H3,(H,16,17). The number of carboxylic acid groups (broad SMARTS) is 1. The summed E-state index contributed by atoms with van der Waals surface area (Å²) in [7, 11) is 0. The summed E-state index contributed by atoms with van der Waals surface area (Å²) in [6.07, 6.45) is 7.19. The lowest BCUT2D eigenvalue weighted by Gasteiger charge is -2.26. The SMILES string of the molecule is Cc1cnc(SCC(=O)O)n1C1CC2CCC1C2. The van der Waals surface area contributed by atoms with Crippen molar-refractivity contribution in [3.8, 4) is 0 Å². The predicted molar refractivity (Wildman–Crippen MR) is 69.8 cm³/mol. The van der Waals surface area contributed by atoms with Gasteiger partial charge in [-0.1, -0.05) is 18.2 Å². The van der Waals surface area contributed by atoms with Crippen LogP contribution in [0.15, 0.2) is 11.4 Å². The average molecular weight is 266 g/mol. The molecule has 1 N–H and O–H groups in total. The summed E-state index contributed by atoms with van der Waals surface area (Å²) in [4.78, 5) is 15.1. The molecule has 0 amide bonds. The number of fused-ring (bicyclic) bond motifs is 2. The molecule has 3 unspecified atom stereocenters. The summed E-state index contributed by atoms with van der Waals surface area (Å²) >= 11 is 1.34. The first-order chi connectivity index (χ1) is 8.65. The molecule has 3 rings (SSSR count). The highest BCUT2D eigenvalue weighted by molar-refractivity contribution is 7.99. The van der Waals surface area contributed by atoms with Crippen LogP contribution in [0.1, 0.15) is 37.4 Å². The van der Waals surface area contributed by atoms with Crippen molar-refractivity contribution in [3.63, 3.8) is 0 Å². The minimum absolute atomic E-state index is 0.0945. The number of thioether (sulfide) groups is 1. The first-order valence-electron chi connectivity index (χ1n) is 6.53. The Morgan fingerprint density at radius 2 is 2.39 bits per heavy atom. The van der Waals surface area contributed by atoms with E-state index in [4.69, 9.17) is 5.11 Å². The molecule has 4 nitrogen and oxygen atoms in total. The lowest BCUT2D eigenvalue weighted by molar-refractivity contribution is -0.133. The average Bonchev–Trinajstić information content (AvgIpc) is 3.00. The van der Waals surface area contributed by atoms with E-state index in [2.05, 4.69) is 16.5 Å². The zero-order chi connectivity index (χ0) is 12.7. The smallest absolute Gasteiger partial charge is 0.313 e. The Hall–Kier alpha value is -0.970. The molecule has 2 bridgehead atoms. The number of hydrogen-bond acceptors (Lipinski definition) is 3. The molecule has 0 aromatic carbocycles. The van der Waals surface area contributed by atoms with Crippen LogP contribution in [0, 0.1) is 18.8 Å². The van der Waals surface area contributed by atoms with Gasteiger partial charge in [-0.15, -0.1) is 0 Å². The highest BCUT2D eigenvalue weighted by Crippen LogP contribution is 2.51. The number of imidazole rings is 1. The van der Waals surface area contributed by atoms with Crippen molar-refractivity contribution in [2.24, 2.45) is 11.8 Å². The van der Waals surface area contributed by atoms with Gasteiger partial charge in [0, 0.05) is 17.9 Å². The Bertz CT molecular complexity index is 472. The molecule has 0 radical (unpaired) electrons. The summed E-state index contributed by atoms with van der Waals surface area (Å²) in [6, 6.07) is 0.558. The van der Waals surface area contributed by atoms with Crippen molar-refractivity contribution in [3.05, 3.63) is 11.9 Å². The van der Waals surface area contributed by atoms with Crippen molar-refractivity contribution >= 4 is 17.7 Å². The number of nitrogens with zero attached hydrogens (tertiary/aromatic N) is 2. The third kappa shape index (κ3) is 2.05. The fourth-order valence-corrected chi connectivity index (χ4v) is 4.39. The molecule has 18 heavy (non-hydrogen) atoms. The van der Waals surface area contributed by atoms with Gasteiger partial charge in [-0.05, 0) is 38.0 Å². The fourth-order valence-electron chi connectivity index (χ4n) is 3.59. The zero-order valence-corrected chi connectivity index (χ0v) is 11.3. The number of rotatable bonds is 4. The van der Waals surface area contributed by atoms with E-state index in [-0.39, 0.29) is 5.75 Å². The molecule has 0 spiro atoms. The third-order valence-corrected chi connectivity index (χ3v) is 5.26. The molecule has 0 saturated heterocycles. The van der Waals surface area contributed by atoms with Crippen LogP contribution in [0.2, 0.25) is 0 Å². The highest BCUT2D eigenvalue weighted by Gasteiger charge is 2.41. The van der Waals surface area contributed by atoms with E-state index in [1.807, 2.05) is 6.20 Å². The van der Waals surface area contributed by atoms with E-state index in [1.54, 1.807) is 0 Å². The Morgan fingerprint density at radius 3 is 3.00 bits per heavy atom. The van der Waals surface area contributed by atoms with Gasteiger partial charge in [-0.25, -0.2) is 4.98 Å². The van der Waals surface area contributed by atoms with Gasteiger partial charge in [0.1, 0.15) is 0 Å². The number of aromatic nitrogens is 2. The first-order valence-corrected chi connectivity index (χ1v) is 7.52. The topological polar surface area (TPSA) is 55.1 Å². The molecule has 0 aliphatic heterocycles. The van der Waals surface area contributed by atoms with E-state index in [9.17, 15) is 4.79 Å². The summed E-state index contributed by atoms with van der Waals surface area (Å²) in [5, 5.41) is 9.67. The molecular formula is C13H18N2O2S. The van der Waals surface area contributed by atoms with Crippen molar-refractivity contribution in [1.29, 1.82) is 0 Å². The Balaban J connectivity index is 1.82. The van der Waals surface area contributed by atoms with Crippen LogP contribution in [-0.2, 0) is 4.79 Å². The van der Waals surface area contributed by atoms with Gasteiger partial charge in [0.25, 0.3) is 0 Å². The molecule has 1 heterocycles. The molecule has 5 heteroatoms. The largest absolute Gasteiger partial charge is 0.481 e. The number of hydrogen-bond donors (Lipinski definition) is 1. The fraction of sp³-hybridized carbons (Fsp3) is 0.692. The number of carbonyl (C=O) groups is 1. The maximum Gasteiger partial charge on any atom is 0.313 e. The normalized spacial score (nSPS) is 29.9. The monoisotopic (exact) mass is 266 g/mol. The van der Waals surface area contributed by atoms with E-state index < -0.39 is 5.97 Å². The second-order valence-electron chi connectivity index (χ2n) is 5.48. The van der Waals surface area contributed by atoms with Crippen molar-refractivity contribution in [1.82, 2.24) is 9.55 Å². The predicted octanol–water partition coefficient (Wildman–Crippen LogP) is 2.73. The lowest BCUT2D eigenvalue weighted by atomic mass is 9.95. The van der Waals surface area contributed by atoms with Crippen LogP contribution in [0.3, 0.4) is 0 Å². The molecule has 1 aromatic heterocycles. The Morgan fingerprint density at radius 1 is 1.56 bits per heavy atom. The number of carboxylic acids is 1. The minimum atomic E-state index is -0.778. The van der Waals surface area contributed by atoms with E-state index >= 15 is 0 Å². The number of aliphatic carboxylic acids is 1. The molecule has 2 saturated carbocycles. The summed E-state index contributed by atoms with van der Waals surface area (Å²) < 4.78 is 2.29. The maximum atomic E-state index is 10.7. The number of aryl methyl sites for hydroxylation is 1. The molecule has 2 aliphatic rings. The van der Waals surface area contributed by atoms with E-state index in [1.165, 1.54) is 43.1 Å². The minimum Gasteiger partial charge on any atom is -0.481 e. The highest BCUT2D eigenvalue weighted by atomic mass is 32.2. The van der Waals surface area contributed by atoms with Crippen LogP contribution in [0.4, 0.5) is 0 Å².